The molecule has 1 fully saturated rings. The fourth-order valence-electron chi connectivity index (χ4n) is 4.65. The number of aliphatic hydroxyl groups is 1. The van der Waals surface area contributed by atoms with Gasteiger partial charge in [0.15, 0.2) is 0 Å². The second-order valence-electron chi connectivity index (χ2n) is 8.01. The minimum Gasteiger partial charge on any atom is -0.386 e. The number of hydrogen-bond donors (Lipinski definition) is 1. The average Bonchev–Trinajstić information content (AvgIpc) is 3.11. The third-order valence-corrected chi connectivity index (χ3v) is 6.31. The second kappa shape index (κ2) is 6.22. The van der Waals surface area contributed by atoms with Crippen molar-refractivity contribution < 1.29 is 9.90 Å². The molecule has 0 radical (unpaired) electrons. The first-order valence-corrected chi connectivity index (χ1v) is 9.48. The third kappa shape index (κ3) is 2.54. The highest BCUT2D eigenvalue weighted by Gasteiger charge is 2.50. The lowest BCUT2D eigenvalue weighted by atomic mass is 9.75. The van der Waals surface area contributed by atoms with Crippen LogP contribution in [0.4, 0.5) is 0 Å². The predicted octanol–water partition coefficient (Wildman–Crippen LogP) is 2.25. The SMILES string of the molecule is CN(C)CC(=O)N1CCC(C2(C)C(O)c3cc(Cl)cc4cnn2c34)CC1. The third-order valence-electron chi connectivity index (χ3n) is 6.09. The summed E-state index contributed by atoms with van der Waals surface area (Å²) < 4.78 is 1.99. The molecule has 0 bridgehead atoms. The molecule has 2 aromatic rings. The molecule has 1 aromatic carbocycles. The first kappa shape index (κ1) is 17.8. The molecule has 1 amide bonds. The lowest BCUT2D eigenvalue weighted by Crippen LogP contribution is -2.49. The van der Waals surface area contributed by atoms with Gasteiger partial charge in [-0.25, -0.2) is 0 Å². The van der Waals surface area contributed by atoms with E-state index in [0.29, 0.717) is 11.6 Å². The topological polar surface area (TPSA) is 61.6 Å². The van der Waals surface area contributed by atoms with Gasteiger partial charge in [0.05, 0.1) is 23.8 Å². The number of amides is 1. The zero-order chi connectivity index (χ0) is 18.6. The molecule has 140 valence electrons. The van der Waals surface area contributed by atoms with Crippen LogP contribution in [0, 0.1) is 5.92 Å². The quantitative estimate of drug-likeness (QED) is 0.892. The molecule has 1 saturated heterocycles. The number of piperidine rings is 1. The van der Waals surface area contributed by atoms with E-state index in [2.05, 4.69) is 12.0 Å². The summed E-state index contributed by atoms with van der Waals surface area (Å²) in [5.74, 6) is 0.414. The van der Waals surface area contributed by atoms with Gasteiger partial charge in [0.1, 0.15) is 6.10 Å². The average molecular weight is 377 g/mol. The fraction of sp³-hybridized carbons (Fsp3) is 0.579. The standard InChI is InChI=1S/C19H25ClN4O2/c1-19(13-4-6-23(7-5-13)16(25)11-22(2)3)18(26)15-9-14(20)8-12-10-21-24(19)17(12)15/h8-10,13,18,26H,4-7,11H2,1-3H3. The first-order valence-electron chi connectivity index (χ1n) is 9.10. The van der Waals surface area contributed by atoms with E-state index in [1.807, 2.05) is 46.9 Å². The van der Waals surface area contributed by atoms with Crippen molar-refractivity contribution in [3.8, 4) is 0 Å². The van der Waals surface area contributed by atoms with Crippen molar-refractivity contribution in [2.45, 2.75) is 31.4 Å². The van der Waals surface area contributed by atoms with Gasteiger partial charge in [-0.05, 0) is 51.9 Å². The molecule has 1 N–H and O–H groups in total. The molecule has 26 heavy (non-hydrogen) atoms. The molecular weight excluding hydrogens is 352 g/mol. The van der Waals surface area contributed by atoms with Crippen LogP contribution in [0.15, 0.2) is 18.3 Å². The van der Waals surface area contributed by atoms with E-state index in [1.165, 1.54) is 0 Å². The highest BCUT2D eigenvalue weighted by atomic mass is 35.5. The van der Waals surface area contributed by atoms with Gasteiger partial charge < -0.3 is 14.9 Å². The Hall–Kier alpha value is -1.63. The second-order valence-corrected chi connectivity index (χ2v) is 8.45. The number of likely N-dealkylation sites (N-methyl/N-ethyl adjacent to an activating group) is 1. The maximum Gasteiger partial charge on any atom is 0.236 e. The Morgan fingerprint density at radius 2 is 2.08 bits per heavy atom. The number of carbonyl (C=O) groups excluding carboxylic acids is 1. The van der Waals surface area contributed by atoms with Crippen LogP contribution in [-0.4, -0.2) is 64.3 Å². The Kier molecular flexibility index (Phi) is 4.25. The van der Waals surface area contributed by atoms with Crippen LogP contribution < -0.4 is 0 Å². The Labute approximate surface area is 158 Å². The summed E-state index contributed by atoms with van der Waals surface area (Å²) in [5.41, 5.74) is 1.33. The lowest BCUT2D eigenvalue weighted by molar-refractivity contribution is -0.134. The van der Waals surface area contributed by atoms with Gasteiger partial charge in [0.25, 0.3) is 0 Å². The minimum absolute atomic E-state index is 0.169. The van der Waals surface area contributed by atoms with Crippen molar-refractivity contribution in [1.29, 1.82) is 0 Å². The van der Waals surface area contributed by atoms with Gasteiger partial charge in [-0.15, -0.1) is 0 Å². The fourth-order valence-corrected chi connectivity index (χ4v) is 4.88. The normalized spacial score (nSPS) is 26.2. The Balaban J connectivity index is 1.58. The highest BCUT2D eigenvalue weighted by Crippen LogP contribution is 2.51. The van der Waals surface area contributed by atoms with Crippen molar-refractivity contribution in [2.75, 3.05) is 33.7 Å². The van der Waals surface area contributed by atoms with Crippen molar-refractivity contribution in [3.05, 3.63) is 28.9 Å². The number of aliphatic hydroxyl groups excluding tert-OH is 1. The van der Waals surface area contributed by atoms with Crippen molar-refractivity contribution >= 4 is 28.4 Å². The Morgan fingerprint density at radius 3 is 2.73 bits per heavy atom. The predicted molar refractivity (Wildman–Crippen MR) is 101 cm³/mol. The molecule has 2 atom stereocenters. The monoisotopic (exact) mass is 376 g/mol. The number of likely N-dealkylation sites (tertiary alicyclic amines) is 1. The molecule has 0 aliphatic carbocycles. The summed E-state index contributed by atoms with van der Waals surface area (Å²) in [6.45, 7) is 3.97. The summed E-state index contributed by atoms with van der Waals surface area (Å²) in [5, 5.41) is 17.3. The van der Waals surface area contributed by atoms with E-state index in [-0.39, 0.29) is 11.8 Å². The van der Waals surface area contributed by atoms with E-state index < -0.39 is 11.6 Å². The highest BCUT2D eigenvalue weighted by molar-refractivity contribution is 6.31. The smallest absolute Gasteiger partial charge is 0.236 e. The lowest BCUT2D eigenvalue weighted by Gasteiger charge is -2.43. The van der Waals surface area contributed by atoms with E-state index in [1.54, 1.807) is 0 Å². The van der Waals surface area contributed by atoms with Crippen LogP contribution in [0.3, 0.4) is 0 Å². The number of carbonyl (C=O) groups is 1. The zero-order valence-corrected chi connectivity index (χ0v) is 16.2. The van der Waals surface area contributed by atoms with E-state index in [4.69, 9.17) is 11.6 Å². The molecule has 6 nitrogen and oxygen atoms in total. The maximum atomic E-state index is 12.3. The van der Waals surface area contributed by atoms with E-state index >= 15 is 0 Å². The summed E-state index contributed by atoms with van der Waals surface area (Å²) in [6, 6.07) is 3.75. The number of nitrogens with zero attached hydrogens (tertiary/aromatic N) is 4. The van der Waals surface area contributed by atoms with Crippen molar-refractivity contribution in [1.82, 2.24) is 19.6 Å². The summed E-state index contributed by atoms with van der Waals surface area (Å²) in [7, 11) is 3.82. The first-order chi connectivity index (χ1) is 12.3. The number of hydrogen-bond acceptors (Lipinski definition) is 4. The van der Waals surface area contributed by atoms with Crippen LogP contribution in [0.25, 0.3) is 10.9 Å². The number of halogens is 1. The molecular formula is C19H25ClN4O2. The van der Waals surface area contributed by atoms with Gasteiger partial charge in [0.2, 0.25) is 5.91 Å². The minimum atomic E-state index is -0.638. The van der Waals surface area contributed by atoms with Gasteiger partial charge >= 0.3 is 0 Å². The van der Waals surface area contributed by atoms with E-state index in [9.17, 15) is 9.90 Å². The molecule has 1 aromatic heterocycles. The van der Waals surface area contributed by atoms with E-state index in [0.717, 1.165) is 42.4 Å². The van der Waals surface area contributed by atoms with Crippen LogP contribution in [0.2, 0.25) is 5.02 Å². The van der Waals surface area contributed by atoms with Crippen molar-refractivity contribution in [2.24, 2.45) is 5.92 Å². The molecule has 7 heteroatoms. The van der Waals surface area contributed by atoms with Crippen LogP contribution in [-0.2, 0) is 10.3 Å². The molecule has 2 aliphatic rings. The molecule has 3 heterocycles. The summed E-state index contributed by atoms with van der Waals surface area (Å²) >= 11 is 6.23. The van der Waals surface area contributed by atoms with Crippen molar-refractivity contribution in [3.63, 3.8) is 0 Å². The Bertz CT molecular complexity index is 857. The number of benzene rings is 1. The van der Waals surface area contributed by atoms with Crippen LogP contribution >= 0.6 is 11.6 Å². The molecule has 2 unspecified atom stereocenters. The van der Waals surface area contributed by atoms with Gasteiger partial charge in [0, 0.05) is 29.1 Å². The van der Waals surface area contributed by atoms with Gasteiger partial charge in [-0.1, -0.05) is 11.6 Å². The Morgan fingerprint density at radius 1 is 1.38 bits per heavy atom. The largest absolute Gasteiger partial charge is 0.386 e. The molecule has 0 saturated carbocycles. The molecule has 0 spiro atoms. The van der Waals surface area contributed by atoms with Gasteiger partial charge in [-0.3, -0.25) is 9.48 Å². The maximum absolute atomic E-state index is 12.3. The summed E-state index contributed by atoms with van der Waals surface area (Å²) in [4.78, 5) is 16.1. The van der Waals surface area contributed by atoms with Crippen LogP contribution in [0.1, 0.15) is 31.4 Å². The number of aromatic nitrogens is 2. The number of rotatable bonds is 3. The molecule has 4 rings (SSSR count). The zero-order valence-electron chi connectivity index (χ0n) is 15.4. The van der Waals surface area contributed by atoms with Gasteiger partial charge in [-0.2, -0.15) is 5.10 Å². The van der Waals surface area contributed by atoms with Crippen LogP contribution in [0.5, 0.6) is 0 Å². The molecule has 2 aliphatic heterocycles. The summed E-state index contributed by atoms with van der Waals surface area (Å²) in [6.07, 6.45) is 2.90.